The Balaban J connectivity index is 1.76. The van der Waals surface area contributed by atoms with Gasteiger partial charge in [0.25, 0.3) is 0 Å². The van der Waals surface area contributed by atoms with Crippen molar-refractivity contribution in [1.82, 2.24) is 10.6 Å². The van der Waals surface area contributed by atoms with Gasteiger partial charge in [-0.25, -0.2) is 4.39 Å². The number of hydrogen-bond donors (Lipinski definition) is 2. The van der Waals surface area contributed by atoms with Crippen LogP contribution in [0.4, 0.5) is 4.39 Å². The third-order valence-corrected chi connectivity index (χ3v) is 3.48. The highest BCUT2D eigenvalue weighted by Crippen LogP contribution is 2.26. The van der Waals surface area contributed by atoms with Gasteiger partial charge in [0.1, 0.15) is 5.82 Å². The zero-order chi connectivity index (χ0) is 11.0. The average molecular weight is 220 g/mol. The van der Waals surface area contributed by atoms with Gasteiger partial charge < -0.3 is 10.6 Å². The third kappa shape index (κ3) is 2.11. The lowest BCUT2D eigenvalue weighted by Crippen LogP contribution is -2.35. The lowest BCUT2D eigenvalue weighted by Gasteiger charge is -2.26. The van der Waals surface area contributed by atoms with E-state index in [1.54, 1.807) is 12.1 Å². The van der Waals surface area contributed by atoms with Crippen LogP contribution in [0.1, 0.15) is 29.9 Å². The maximum Gasteiger partial charge on any atom is 0.123 e. The van der Waals surface area contributed by atoms with Gasteiger partial charge >= 0.3 is 0 Å². The number of nitrogens with one attached hydrogen (secondary N) is 2. The van der Waals surface area contributed by atoms with Crippen LogP contribution < -0.4 is 10.6 Å². The van der Waals surface area contributed by atoms with Gasteiger partial charge in [0.15, 0.2) is 0 Å². The zero-order valence-electron chi connectivity index (χ0n) is 9.30. The summed E-state index contributed by atoms with van der Waals surface area (Å²) in [5, 5.41) is 6.90. The predicted molar refractivity (Wildman–Crippen MR) is 61.9 cm³/mol. The van der Waals surface area contributed by atoms with E-state index in [1.165, 1.54) is 18.4 Å². The second-order valence-electron chi connectivity index (χ2n) is 4.85. The van der Waals surface area contributed by atoms with Crippen LogP contribution in [-0.4, -0.2) is 19.1 Å². The fourth-order valence-electron chi connectivity index (χ4n) is 2.40. The molecule has 0 bridgehead atoms. The van der Waals surface area contributed by atoms with Crippen LogP contribution >= 0.6 is 0 Å². The molecule has 2 nitrogen and oxygen atoms in total. The highest BCUT2D eigenvalue weighted by molar-refractivity contribution is 5.33. The molecule has 1 unspecified atom stereocenters. The minimum Gasteiger partial charge on any atom is -0.313 e. The third-order valence-electron chi connectivity index (χ3n) is 3.48. The summed E-state index contributed by atoms with van der Waals surface area (Å²) >= 11 is 0. The van der Waals surface area contributed by atoms with E-state index in [4.69, 9.17) is 0 Å². The molecule has 1 atom stereocenters. The van der Waals surface area contributed by atoms with E-state index in [1.807, 2.05) is 6.07 Å². The van der Waals surface area contributed by atoms with E-state index in [9.17, 15) is 4.39 Å². The van der Waals surface area contributed by atoms with Crippen molar-refractivity contribution in [2.75, 3.05) is 13.1 Å². The van der Waals surface area contributed by atoms with Gasteiger partial charge in [-0.15, -0.1) is 0 Å². The zero-order valence-corrected chi connectivity index (χ0v) is 9.30. The largest absolute Gasteiger partial charge is 0.313 e. The fourth-order valence-corrected chi connectivity index (χ4v) is 2.40. The summed E-state index contributed by atoms with van der Waals surface area (Å²) in [5.41, 5.74) is 2.43. The van der Waals surface area contributed by atoms with Crippen molar-refractivity contribution in [1.29, 1.82) is 0 Å². The van der Waals surface area contributed by atoms with Crippen molar-refractivity contribution in [2.45, 2.75) is 31.3 Å². The molecule has 0 saturated heterocycles. The molecule has 1 aromatic carbocycles. The molecular weight excluding hydrogens is 203 g/mol. The van der Waals surface area contributed by atoms with Crippen molar-refractivity contribution in [3.05, 3.63) is 35.1 Å². The van der Waals surface area contributed by atoms with Gasteiger partial charge in [-0.2, -0.15) is 0 Å². The molecule has 16 heavy (non-hydrogen) atoms. The molecule has 1 aliphatic carbocycles. The van der Waals surface area contributed by atoms with Crippen molar-refractivity contribution >= 4 is 0 Å². The van der Waals surface area contributed by atoms with Crippen LogP contribution in [0.2, 0.25) is 0 Å². The highest BCUT2D eigenvalue weighted by atomic mass is 19.1. The maximum absolute atomic E-state index is 13.1. The molecule has 0 spiro atoms. The first kappa shape index (κ1) is 10.2. The quantitative estimate of drug-likeness (QED) is 0.811. The first-order valence-corrected chi connectivity index (χ1v) is 6.05. The summed E-state index contributed by atoms with van der Waals surface area (Å²) in [4.78, 5) is 0. The van der Waals surface area contributed by atoms with Crippen LogP contribution in [0.5, 0.6) is 0 Å². The van der Waals surface area contributed by atoms with Gasteiger partial charge in [0.05, 0.1) is 0 Å². The van der Waals surface area contributed by atoms with E-state index in [2.05, 4.69) is 10.6 Å². The number of benzene rings is 1. The first-order valence-electron chi connectivity index (χ1n) is 6.05. The second kappa shape index (κ2) is 4.15. The molecule has 1 heterocycles. The summed E-state index contributed by atoms with van der Waals surface area (Å²) in [5.74, 6) is 0.362. The number of fused-ring (bicyclic) bond motifs is 1. The Labute approximate surface area is 95.2 Å². The lowest BCUT2D eigenvalue weighted by molar-refractivity contribution is 0.498. The molecule has 2 N–H and O–H groups in total. The van der Waals surface area contributed by atoms with Crippen LogP contribution in [0.3, 0.4) is 0 Å². The van der Waals surface area contributed by atoms with Crippen LogP contribution in [0.25, 0.3) is 0 Å². The molecular formula is C13H17FN2. The van der Waals surface area contributed by atoms with Crippen molar-refractivity contribution < 1.29 is 4.39 Å². The number of hydrogen-bond acceptors (Lipinski definition) is 2. The molecule has 2 aliphatic rings. The summed E-state index contributed by atoms with van der Waals surface area (Å²) in [7, 11) is 0. The highest BCUT2D eigenvalue weighted by Gasteiger charge is 2.24. The summed E-state index contributed by atoms with van der Waals surface area (Å²) in [6.07, 6.45) is 2.63. The Kier molecular flexibility index (Phi) is 2.65. The smallest absolute Gasteiger partial charge is 0.123 e. The van der Waals surface area contributed by atoms with E-state index in [0.29, 0.717) is 5.92 Å². The van der Waals surface area contributed by atoms with Crippen molar-refractivity contribution in [2.24, 2.45) is 0 Å². The Hall–Kier alpha value is -0.930. The minimum absolute atomic E-state index is 0.128. The molecule has 3 rings (SSSR count). The Morgan fingerprint density at radius 2 is 2.25 bits per heavy atom. The topological polar surface area (TPSA) is 24.1 Å². The Morgan fingerprint density at radius 3 is 3.06 bits per heavy atom. The maximum atomic E-state index is 13.1. The molecule has 1 saturated carbocycles. The van der Waals surface area contributed by atoms with Gasteiger partial charge in [-0.3, -0.25) is 0 Å². The van der Waals surface area contributed by atoms with Crippen molar-refractivity contribution in [3.8, 4) is 0 Å². The summed E-state index contributed by atoms with van der Waals surface area (Å²) in [6, 6.07) is 5.93. The van der Waals surface area contributed by atoms with E-state index in [-0.39, 0.29) is 5.82 Å². The molecule has 0 amide bonds. The fraction of sp³-hybridized carbons (Fsp3) is 0.538. The van der Waals surface area contributed by atoms with Gasteiger partial charge in [-0.1, -0.05) is 6.07 Å². The number of halogens is 1. The molecule has 1 aliphatic heterocycles. The lowest BCUT2D eigenvalue weighted by atomic mass is 9.90. The van der Waals surface area contributed by atoms with Crippen LogP contribution in [-0.2, 0) is 6.54 Å². The Bertz CT molecular complexity index is 388. The van der Waals surface area contributed by atoms with Crippen LogP contribution in [0, 0.1) is 5.82 Å². The normalized spacial score (nSPS) is 24.2. The molecule has 3 heteroatoms. The van der Waals surface area contributed by atoms with E-state index >= 15 is 0 Å². The molecule has 0 aromatic heterocycles. The van der Waals surface area contributed by atoms with Gasteiger partial charge in [-0.05, 0) is 36.1 Å². The molecule has 1 aromatic rings. The summed E-state index contributed by atoms with van der Waals surface area (Å²) < 4.78 is 13.1. The minimum atomic E-state index is -0.128. The molecule has 1 fully saturated rings. The summed E-state index contributed by atoms with van der Waals surface area (Å²) in [6.45, 7) is 2.81. The van der Waals surface area contributed by atoms with Crippen LogP contribution in [0.15, 0.2) is 18.2 Å². The molecule has 86 valence electrons. The SMILES string of the molecule is Fc1ccc2c(c1)CNCC2CNC1CC1. The molecule has 0 radical (unpaired) electrons. The monoisotopic (exact) mass is 220 g/mol. The standard InChI is InChI=1S/C13H17FN2/c14-11-1-4-13-9(5-11)6-15-7-10(13)8-16-12-2-3-12/h1,4-5,10,12,15-16H,2-3,6-8H2. The predicted octanol–water partition coefficient (Wildman–Crippen LogP) is 1.76. The van der Waals surface area contributed by atoms with E-state index in [0.717, 1.165) is 31.2 Å². The van der Waals surface area contributed by atoms with Crippen molar-refractivity contribution in [3.63, 3.8) is 0 Å². The van der Waals surface area contributed by atoms with Gasteiger partial charge in [0, 0.05) is 31.6 Å². The average Bonchev–Trinajstić information content (AvgIpc) is 3.09. The van der Waals surface area contributed by atoms with E-state index < -0.39 is 0 Å². The Morgan fingerprint density at radius 1 is 1.38 bits per heavy atom. The first-order chi connectivity index (χ1) is 7.83. The number of rotatable bonds is 3. The second-order valence-corrected chi connectivity index (χ2v) is 4.85. The van der Waals surface area contributed by atoms with Gasteiger partial charge in [0.2, 0.25) is 0 Å².